The first kappa shape index (κ1) is 32.3. The second-order valence-electron chi connectivity index (χ2n) is 12.2. The Bertz CT molecular complexity index is 1620. The van der Waals surface area contributed by atoms with Crippen LogP contribution in [0.4, 0.5) is 5.69 Å². The highest BCUT2D eigenvalue weighted by molar-refractivity contribution is 7.92. The van der Waals surface area contributed by atoms with Gasteiger partial charge in [-0.3, -0.25) is 9.10 Å². The van der Waals surface area contributed by atoms with Crippen LogP contribution in [0.25, 0.3) is 0 Å². The number of carbonyl (C=O) groups is 1. The number of piperazine rings is 1. The van der Waals surface area contributed by atoms with Gasteiger partial charge in [0.05, 0.1) is 39.8 Å². The van der Waals surface area contributed by atoms with Crippen LogP contribution in [0.3, 0.4) is 0 Å². The van der Waals surface area contributed by atoms with Crippen molar-refractivity contribution < 1.29 is 17.9 Å². The van der Waals surface area contributed by atoms with E-state index >= 15 is 0 Å². The largest absolute Gasteiger partial charge is 0.369 e. The number of nitrogens with zero attached hydrogens (tertiary/aromatic N) is 5. The molecule has 6 rings (SSSR count). The molecular weight excluding hydrogens is 633 g/mol. The van der Waals surface area contributed by atoms with Crippen molar-refractivity contribution in [2.75, 3.05) is 63.8 Å². The van der Waals surface area contributed by atoms with Gasteiger partial charge in [0.25, 0.3) is 10.0 Å². The van der Waals surface area contributed by atoms with Crippen molar-refractivity contribution in [3.63, 3.8) is 0 Å². The van der Waals surface area contributed by atoms with E-state index in [1.54, 1.807) is 0 Å². The number of carbonyl (C=O) groups excluding carboxylic acids is 1. The Morgan fingerprint density at radius 2 is 1.76 bits per heavy atom. The van der Waals surface area contributed by atoms with Crippen molar-refractivity contribution in [3.8, 4) is 0 Å². The number of para-hydroxylation sites is 1. The van der Waals surface area contributed by atoms with E-state index in [2.05, 4.69) is 33.5 Å². The maximum atomic E-state index is 13.9. The minimum atomic E-state index is -3.97. The summed E-state index contributed by atoms with van der Waals surface area (Å²) in [5.74, 6) is -0.0887. The SMILES string of the molecule is CN1CCN(CCCc2ccc3n2CCN(C(=O)COCC2CCc4ccccc4N2S(=O)(=O)c2ccc(Cl)c(Cl)c2)C3)CC1. The van der Waals surface area contributed by atoms with Crippen LogP contribution in [-0.2, 0) is 45.5 Å². The number of rotatable bonds is 10. The van der Waals surface area contributed by atoms with Crippen molar-refractivity contribution >= 4 is 44.8 Å². The highest BCUT2D eigenvalue weighted by Crippen LogP contribution is 2.37. The van der Waals surface area contributed by atoms with Gasteiger partial charge in [-0.15, -0.1) is 0 Å². The molecule has 0 radical (unpaired) electrons. The number of halogens is 2. The van der Waals surface area contributed by atoms with Crippen LogP contribution in [-0.4, -0.2) is 99.2 Å². The van der Waals surface area contributed by atoms with Gasteiger partial charge >= 0.3 is 0 Å². The molecule has 12 heteroatoms. The van der Waals surface area contributed by atoms with Crippen molar-refractivity contribution in [1.82, 2.24) is 19.3 Å². The van der Waals surface area contributed by atoms with Crippen molar-refractivity contribution in [2.24, 2.45) is 0 Å². The molecule has 4 heterocycles. The molecule has 3 aliphatic rings. The highest BCUT2D eigenvalue weighted by Gasteiger charge is 2.36. The summed E-state index contributed by atoms with van der Waals surface area (Å²) in [6, 6.07) is 15.7. The number of hydrogen-bond donors (Lipinski definition) is 0. The molecule has 1 unspecified atom stereocenters. The fraction of sp³-hybridized carbons (Fsp3) is 0.485. The first-order valence-corrected chi connectivity index (χ1v) is 17.9. The summed E-state index contributed by atoms with van der Waals surface area (Å²) >= 11 is 12.3. The summed E-state index contributed by atoms with van der Waals surface area (Å²) in [5.41, 5.74) is 4.05. The van der Waals surface area contributed by atoms with Crippen LogP contribution in [0.1, 0.15) is 29.8 Å². The summed E-state index contributed by atoms with van der Waals surface area (Å²) in [4.78, 5) is 20.0. The number of aryl methyl sites for hydroxylation is 2. The van der Waals surface area contributed by atoms with Crippen LogP contribution in [0.2, 0.25) is 10.0 Å². The molecule has 1 aromatic heterocycles. The third-order valence-electron chi connectivity index (χ3n) is 9.25. The Morgan fingerprint density at radius 1 is 0.956 bits per heavy atom. The van der Waals surface area contributed by atoms with Gasteiger partial charge in [-0.25, -0.2) is 8.42 Å². The van der Waals surface area contributed by atoms with Crippen LogP contribution in [0.5, 0.6) is 0 Å². The molecule has 1 atom stereocenters. The maximum absolute atomic E-state index is 13.9. The van der Waals surface area contributed by atoms with Gasteiger partial charge in [0.1, 0.15) is 6.61 Å². The zero-order valence-corrected chi connectivity index (χ0v) is 28.0. The Morgan fingerprint density at radius 3 is 2.56 bits per heavy atom. The normalized spacial score (nSPS) is 19.4. The number of benzene rings is 2. The lowest BCUT2D eigenvalue weighted by Gasteiger charge is -2.38. The summed E-state index contributed by atoms with van der Waals surface area (Å²) in [7, 11) is -1.79. The minimum absolute atomic E-state index is 0.0599. The van der Waals surface area contributed by atoms with Gasteiger partial charge in [-0.1, -0.05) is 41.4 Å². The second kappa shape index (κ2) is 14.0. The fourth-order valence-electron chi connectivity index (χ4n) is 6.64. The van der Waals surface area contributed by atoms with Gasteiger partial charge in [-0.05, 0) is 81.2 Å². The van der Waals surface area contributed by atoms with E-state index in [0.29, 0.717) is 31.6 Å². The average Bonchev–Trinajstić information content (AvgIpc) is 3.45. The van der Waals surface area contributed by atoms with Gasteiger partial charge in [-0.2, -0.15) is 0 Å². The van der Waals surface area contributed by atoms with Crippen LogP contribution < -0.4 is 4.31 Å². The number of amides is 1. The summed E-state index contributed by atoms with van der Waals surface area (Å²) in [6.45, 7) is 7.63. The Balaban J connectivity index is 1.05. The molecule has 3 aromatic rings. The monoisotopic (exact) mass is 673 g/mol. The smallest absolute Gasteiger partial charge is 0.264 e. The second-order valence-corrected chi connectivity index (χ2v) is 14.9. The Hall–Kier alpha value is -2.60. The quantitative estimate of drug-likeness (QED) is 0.315. The molecule has 9 nitrogen and oxygen atoms in total. The van der Waals surface area contributed by atoms with E-state index in [1.165, 1.54) is 28.2 Å². The third-order valence-corrected chi connectivity index (χ3v) is 11.9. The standard InChI is InChI=1S/C33H41Cl2N5O4S/c1-36-15-17-37(18-16-36)14-4-6-26-10-11-27-22-38(19-20-39(26)27)33(41)24-44-23-28-9-8-25-5-2-3-7-32(25)40(28)45(42,43)29-12-13-30(34)31(35)21-29/h2-3,5,7,10-13,21,28H,4,6,8-9,14-20,22-24H2,1H3. The van der Waals surface area contributed by atoms with Crippen LogP contribution in [0, 0.1) is 0 Å². The van der Waals surface area contributed by atoms with Gasteiger partial charge in [0.15, 0.2) is 0 Å². The molecule has 0 aliphatic carbocycles. The fourth-order valence-corrected chi connectivity index (χ4v) is 8.73. The molecule has 0 N–H and O–H groups in total. The predicted molar refractivity (Wildman–Crippen MR) is 178 cm³/mol. The van der Waals surface area contributed by atoms with E-state index in [-0.39, 0.29) is 34.1 Å². The molecule has 3 aliphatic heterocycles. The first-order valence-electron chi connectivity index (χ1n) is 15.7. The third kappa shape index (κ3) is 7.21. The molecule has 2 aromatic carbocycles. The number of hydrogen-bond acceptors (Lipinski definition) is 6. The molecule has 1 amide bonds. The molecule has 0 bridgehead atoms. The lowest BCUT2D eigenvalue weighted by molar-refractivity contribution is -0.137. The number of anilines is 1. The lowest BCUT2D eigenvalue weighted by atomic mass is 9.98. The zero-order valence-electron chi connectivity index (χ0n) is 25.7. The molecule has 0 saturated carbocycles. The predicted octanol–water partition coefficient (Wildman–Crippen LogP) is 4.54. The summed E-state index contributed by atoms with van der Waals surface area (Å²) < 4.78 is 37.6. The summed E-state index contributed by atoms with van der Waals surface area (Å²) in [5, 5.41) is 0.461. The molecule has 1 fully saturated rings. The van der Waals surface area contributed by atoms with Crippen molar-refractivity contribution in [1.29, 1.82) is 0 Å². The highest BCUT2D eigenvalue weighted by atomic mass is 35.5. The number of fused-ring (bicyclic) bond motifs is 2. The lowest BCUT2D eigenvalue weighted by Crippen LogP contribution is -2.47. The number of likely N-dealkylation sites (N-methyl/N-ethyl adjacent to an activating group) is 1. The van der Waals surface area contributed by atoms with Gasteiger partial charge in [0.2, 0.25) is 5.91 Å². The number of sulfonamides is 1. The molecule has 1 saturated heterocycles. The van der Waals surface area contributed by atoms with E-state index in [4.69, 9.17) is 27.9 Å². The van der Waals surface area contributed by atoms with Gasteiger partial charge in [0, 0.05) is 50.7 Å². The topological polar surface area (TPSA) is 78.3 Å². The van der Waals surface area contributed by atoms with Crippen LogP contribution >= 0.6 is 23.2 Å². The van der Waals surface area contributed by atoms with E-state index in [9.17, 15) is 13.2 Å². The molecule has 0 spiro atoms. The maximum Gasteiger partial charge on any atom is 0.264 e. The van der Waals surface area contributed by atoms with E-state index < -0.39 is 16.1 Å². The first-order chi connectivity index (χ1) is 21.7. The van der Waals surface area contributed by atoms with Gasteiger partial charge < -0.3 is 24.0 Å². The van der Waals surface area contributed by atoms with E-state index in [0.717, 1.165) is 63.4 Å². The number of ether oxygens (including phenoxy) is 1. The van der Waals surface area contributed by atoms with E-state index in [1.807, 2.05) is 29.2 Å². The number of aromatic nitrogens is 1. The van der Waals surface area contributed by atoms with Crippen LogP contribution in [0.15, 0.2) is 59.5 Å². The Labute approximate surface area is 276 Å². The Kier molecular flexibility index (Phi) is 10.1. The minimum Gasteiger partial charge on any atom is -0.369 e. The molecule has 242 valence electrons. The molecule has 45 heavy (non-hydrogen) atoms. The van der Waals surface area contributed by atoms with Crippen molar-refractivity contribution in [3.05, 3.63) is 81.6 Å². The average molecular weight is 675 g/mol. The molecular formula is C33H41Cl2N5O4S. The zero-order chi connectivity index (χ0) is 31.6. The van der Waals surface area contributed by atoms with Crippen molar-refractivity contribution in [2.45, 2.75) is 49.7 Å². The summed E-state index contributed by atoms with van der Waals surface area (Å²) in [6.07, 6.45) is 3.45.